The van der Waals surface area contributed by atoms with Gasteiger partial charge in [-0.25, -0.2) is 13.4 Å². The van der Waals surface area contributed by atoms with Gasteiger partial charge in [0.05, 0.1) is 13.2 Å². The molecule has 0 unspecified atom stereocenters. The van der Waals surface area contributed by atoms with Crippen LogP contribution in [0.4, 0.5) is 5.82 Å². The van der Waals surface area contributed by atoms with E-state index in [1.165, 1.54) is 12.6 Å². The SMILES string of the molecule is CC(C)(C)CCN1CCC2(CCCN(S(=O)(=O)c3ccc(N4CCOCC4)nc3)C2)CC1. The van der Waals surface area contributed by atoms with Crippen LogP contribution in [0.25, 0.3) is 0 Å². The predicted octanol–water partition coefficient (Wildman–Crippen LogP) is 3.22. The molecule has 0 amide bonds. The molecule has 0 N–H and O–H groups in total. The molecule has 3 aliphatic heterocycles. The Morgan fingerprint density at radius 3 is 2.38 bits per heavy atom. The lowest BCUT2D eigenvalue weighted by molar-refractivity contribution is 0.0485. The topological polar surface area (TPSA) is 66.0 Å². The minimum absolute atomic E-state index is 0.130. The molecule has 0 radical (unpaired) electrons. The van der Waals surface area contributed by atoms with Gasteiger partial charge in [0.1, 0.15) is 10.7 Å². The Morgan fingerprint density at radius 1 is 1.03 bits per heavy atom. The summed E-state index contributed by atoms with van der Waals surface area (Å²) in [5.41, 5.74) is 0.487. The van der Waals surface area contributed by atoms with Crippen molar-refractivity contribution in [3.05, 3.63) is 18.3 Å². The molecule has 0 aromatic carbocycles. The van der Waals surface area contributed by atoms with Gasteiger partial charge in [-0.2, -0.15) is 4.31 Å². The van der Waals surface area contributed by atoms with E-state index >= 15 is 0 Å². The second-order valence-electron chi connectivity index (χ2n) is 11.0. The smallest absolute Gasteiger partial charge is 0.244 e. The van der Waals surface area contributed by atoms with Crippen molar-refractivity contribution in [2.75, 3.05) is 63.9 Å². The molecule has 180 valence electrons. The van der Waals surface area contributed by atoms with E-state index in [0.717, 1.165) is 64.2 Å². The van der Waals surface area contributed by atoms with Crippen LogP contribution in [0.3, 0.4) is 0 Å². The van der Waals surface area contributed by atoms with Crippen molar-refractivity contribution in [2.45, 2.75) is 57.8 Å². The summed E-state index contributed by atoms with van der Waals surface area (Å²) >= 11 is 0. The van der Waals surface area contributed by atoms with Crippen LogP contribution in [0.2, 0.25) is 0 Å². The zero-order valence-corrected chi connectivity index (χ0v) is 20.9. The third-order valence-electron chi connectivity index (χ3n) is 7.41. The molecule has 32 heavy (non-hydrogen) atoms. The van der Waals surface area contributed by atoms with Crippen LogP contribution in [0.1, 0.15) is 52.9 Å². The van der Waals surface area contributed by atoms with Crippen LogP contribution in [-0.2, 0) is 14.8 Å². The number of hydrogen-bond acceptors (Lipinski definition) is 6. The zero-order chi connectivity index (χ0) is 22.8. The third kappa shape index (κ3) is 5.64. The molecule has 0 bridgehead atoms. The highest BCUT2D eigenvalue weighted by Gasteiger charge is 2.42. The van der Waals surface area contributed by atoms with E-state index in [1.807, 2.05) is 6.07 Å². The van der Waals surface area contributed by atoms with Crippen LogP contribution in [-0.4, -0.2) is 81.6 Å². The number of sulfonamides is 1. The van der Waals surface area contributed by atoms with Crippen molar-refractivity contribution in [3.63, 3.8) is 0 Å². The Balaban J connectivity index is 1.38. The molecule has 4 rings (SSSR count). The second-order valence-corrected chi connectivity index (χ2v) is 13.0. The summed E-state index contributed by atoms with van der Waals surface area (Å²) in [6, 6.07) is 3.56. The maximum Gasteiger partial charge on any atom is 0.244 e. The first-order valence-corrected chi connectivity index (χ1v) is 13.6. The van der Waals surface area contributed by atoms with E-state index in [9.17, 15) is 8.42 Å². The van der Waals surface area contributed by atoms with Gasteiger partial charge in [-0.1, -0.05) is 20.8 Å². The number of nitrogens with zero attached hydrogens (tertiary/aromatic N) is 4. The Bertz CT molecular complexity index is 852. The average molecular weight is 465 g/mol. The summed E-state index contributed by atoms with van der Waals surface area (Å²) in [5, 5.41) is 0. The largest absolute Gasteiger partial charge is 0.378 e. The molecule has 3 aliphatic rings. The number of rotatable bonds is 5. The first kappa shape index (κ1) is 23.9. The van der Waals surface area contributed by atoms with Gasteiger partial charge in [-0.3, -0.25) is 0 Å². The van der Waals surface area contributed by atoms with E-state index in [2.05, 4.69) is 35.6 Å². The highest BCUT2D eigenvalue weighted by molar-refractivity contribution is 7.89. The van der Waals surface area contributed by atoms with Gasteiger partial charge in [0, 0.05) is 32.4 Å². The molecule has 1 aromatic heterocycles. The molecule has 1 spiro atoms. The summed E-state index contributed by atoms with van der Waals surface area (Å²) in [4.78, 5) is 9.50. The Labute approximate surface area is 194 Å². The Morgan fingerprint density at radius 2 is 1.75 bits per heavy atom. The Hall–Kier alpha value is -1.22. The lowest BCUT2D eigenvalue weighted by Crippen LogP contribution is -2.51. The van der Waals surface area contributed by atoms with E-state index in [1.54, 1.807) is 10.4 Å². The van der Waals surface area contributed by atoms with Crippen molar-refractivity contribution >= 4 is 15.8 Å². The van der Waals surface area contributed by atoms with Gasteiger partial charge in [0.2, 0.25) is 10.0 Å². The summed E-state index contributed by atoms with van der Waals surface area (Å²) in [5.74, 6) is 0.824. The fourth-order valence-electron chi connectivity index (χ4n) is 5.17. The normalized spacial score (nSPS) is 23.5. The fraction of sp³-hybridized carbons (Fsp3) is 0.792. The maximum absolute atomic E-state index is 13.4. The molecule has 0 aliphatic carbocycles. The lowest BCUT2D eigenvalue weighted by atomic mass is 9.73. The number of anilines is 1. The summed E-state index contributed by atoms with van der Waals surface area (Å²) < 4.78 is 34.0. The first-order chi connectivity index (χ1) is 15.2. The number of morpholine rings is 1. The maximum atomic E-state index is 13.4. The minimum Gasteiger partial charge on any atom is -0.378 e. The summed E-state index contributed by atoms with van der Waals surface area (Å²) in [7, 11) is -3.51. The van der Waals surface area contributed by atoms with Crippen LogP contribution in [0, 0.1) is 10.8 Å². The molecule has 1 aromatic rings. The van der Waals surface area contributed by atoms with Gasteiger partial charge in [0.15, 0.2) is 0 Å². The van der Waals surface area contributed by atoms with Crippen LogP contribution in [0.5, 0.6) is 0 Å². The monoisotopic (exact) mass is 464 g/mol. The minimum atomic E-state index is -3.51. The van der Waals surface area contributed by atoms with Crippen LogP contribution < -0.4 is 4.90 Å². The Kier molecular flexibility index (Phi) is 7.15. The van der Waals surface area contributed by atoms with Gasteiger partial charge in [-0.05, 0) is 74.7 Å². The third-order valence-corrected chi connectivity index (χ3v) is 9.24. The number of aromatic nitrogens is 1. The molecule has 0 atom stereocenters. The number of hydrogen-bond donors (Lipinski definition) is 0. The molecule has 8 heteroatoms. The number of piperidine rings is 2. The van der Waals surface area contributed by atoms with Crippen molar-refractivity contribution in [2.24, 2.45) is 10.8 Å². The quantitative estimate of drug-likeness (QED) is 0.667. The molecule has 3 saturated heterocycles. The van der Waals surface area contributed by atoms with E-state index in [-0.39, 0.29) is 5.41 Å². The molecular formula is C24H40N4O3S. The number of likely N-dealkylation sites (tertiary alicyclic amines) is 1. The van der Waals surface area contributed by atoms with E-state index in [4.69, 9.17) is 4.74 Å². The van der Waals surface area contributed by atoms with Crippen molar-refractivity contribution in [1.29, 1.82) is 0 Å². The second kappa shape index (κ2) is 9.57. The van der Waals surface area contributed by atoms with E-state index in [0.29, 0.717) is 36.6 Å². The predicted molar refractivity (Wildman–Crippen MR) is 127 cm³/mol. The van der Waals surface area contributed by atoms with Crippen molar-refractivity contribution in [3.8, 4) is 0 Å². The first-order valence-electron chi connectivity index (χ1n) is 12.2. The number of ether oxygens (including phenoxy) is 1. The zero-order valence-electron chi connectivity index (χ0n) is 20.1. The molecule has 4 heterocycles. The van der Waals surface area contributed by atoms with Gasteiger partial charge in [-0.15, -0.1) is 0 Å². The van der Waals surface area contributed by atoms with Crippen LogP contribution in [0.15, 0.2) is 23.2 Å². The van der Waals surface area contributed by atoms with Gasteiger partial charge < -0.3 is 14.5 Å². The van der Waals surface area contributed by atoms with Gasteiger partial charge >= 0.3 is 0 Å². The van der Waals surface area contributed by atoms with Gasteiger partial charge in [0.25, 0.3) is 0 Å². The summed E-state index contributed by atoms with van der Waals surface area (Å²) in [6.07, 6.45) is 7.01. The van der Waals surface area contributed by atoms with E-state index < -0.39 is 10.0 Å². The fourth-order valence-corrected chi connectivity index (χ4v) is 6.71. The number of pyridine rings is 1. The van der Waals surface area contributed by atoms with Crippen LogP contribution >= 0.6 is 0 Å². The molecule has 3 fully saturated rings. The van der Waals surface area contributed by atoms with Crippen molar-refractivity contribution in [1.82, 2.24) is 14.2 Å². The molecular weight excluding hydrogens is 424 g/mol. The molecule has 0 saturated carbocycles. The standard InChI is InChI=1S/C24H40N4O3S/c1-23(2,3)8-12-26-13-9-24(10-14-26)7-4-11-28(20-24)32(29,30)21-5-6-22(25-19-21)27-15-17-31-18-16-27/h5-6,19H,4,7-18,20H2,1-3H3. The lowest BCUT2D eigenvalue weighted by Gasteiger charge is -2.47. The average Bonchev–Trinajstić information content (AvgIpc) is 2.79. The highest BCUT2D eigenvalue weighted by atomic mass is 32.2. The van der Waals surface area contributed by atoms with Crippen molar-refractivity contribution < 1.29 is 13.2 Å². The highest BCUT2D eigenvalue weighted by Crippen LogP contribution is 2.41. The molecule has 7 nitrogen and oxygen atoms in total. The summed E-state index contributed by atoms with van der Waals surface area (Å²) in [6.45, 7) is 14.4.